The zero-order valence-electron chi connectivity index (χ0n) is 13.5. The summed E-state index contributed by atoms with van der Waals surface area (Å²) in [7, 11) is -4.73. The lowest BCUT2D eigenvalue weighted by atomic mass is 9.91. The molecule has 27 heavy (non-hydrogen) atoms. The van der Waals surface area contributed by atoms with E-state index in [2.05, 4.69) is 0 Å². The molecule has 3 aromatic rings. The molecule has 0 atom stereocenters. The van der Waals surface area contributed by atoms with Crippen molar-refractivity contribution < 1.29 is 26.1 Å². The van der Waals surface area contributed by atoms with Gasteiger partial charge < -0.3 is 0 Å². The van der Waals surface area contributed by atoms with Crippen LogP contribution in [0.3, 0.4) is 0 Å². The largest absolute Gasteiger partial charge is 0.417 e. The summed E-state index contributed by atoms with van der Waals surface area (Å²) < 4.78 is 75.3. The number of hydrogen-bond acceptors (Lipinski definition) is 2. The van der Waals surface area contributed by atoms with Gasteiger partial charge in [0.15, 0.2) is 0 Å². The van der Waals surface area contributed by atoms with Crippen molar-refractivity contribution in [3.8, 4) is 22.3 Å². The molecule has 0 saturated carbocycles. The van der Waals surface area contributed by atoms with Crippen LogP contribution in [0.25, 0.3) is 22.3 Å². The van der Waals surface area contributed by atoms with Gasteiger partial charge in [-0.15, -0.1) is 0 Å². The Morgan fingerprint density at radius 3 is 1.78 bits per heavy atom. The first-order valence-corrected chi connectivity index (χ1v) is 10.1. The first-order chi connectivity index (χ1) is 12.6. The van der Waals surface area contributed by atoms with Crippen molar-refractivity contribution in [2.45, 2.75) is 11.1 Å². The standard InChI is InChI=1S/C19H12F3IO3S/c20-19(21,22)17-14(12-7-3-1-4-8-12)11-15(27(24,25)26)18(23)16(17)13-9-5-2-6-10-13/h1-11H,(H,24,25,26). The third-order valence-corrected chi connectivity index (χ3v) is 6.30. The summed E-state index contributed by atoms with van der Waals surface area (Å²) in [4.78, 5) is -0.561. The first-order valence-electron chi connectivity index (χ1n) is 7.62. The summed E-state index contributed by atoms with van der Waals surface area (Å²) in [6.07, 6.45) is -4.74. The zero-order valence-corrected chi connectivity index (χ0v) is 16.5. The van der Waals surface area contributed by atoms with E-state index in [4.69, 9.17) is 0 Å². The number of rotatable bonds is 3. The highest BCUT2D eigenvalue weighted by Gasteiger charge is 2.39. The van der Waals surface area contributed by atoms with E-state index in [1.807, 2.05) is 0 Å². The van der Waals surface area contributed by atoms with Gasteiger partial charge in [-0.25, -0.2) is 0 Å². The van der Waals surface area contributed by atoms with Crippen LogP contribution in [0.1, 0.15) is 5.56 Å². The molecule has 0 aliphatic heterocycles. The second-order valence-electron chi connectivity index (χ2n) is 5.69. The van der Waals surface area contributed by atoms with Crippen molar-refractivity contribution in [3.05, 3.63) is 75.9 Å². The van der Waals surface area contributed by atoms with E-state index in [1.165, 1.54) is 46.9 Å². The second-order valence-corrected chi connectivity index (χ2v) is 8.16. The summed E-state index contributed by atoms with van der Waals surface area (Å²) in [5.74, 6) is 0. The molecule has 3 nitrogen and oxygen atoms in total. The van der Waals surface area contributed by atoms with Gasteiger partial charge in [0.25, 0.3) is 10.1 Å². The molecule has 0 radical (unpaired) electrons. The molecule has 0 aliphatic rings. The van der Waals surface area contributed by atoms with Crippen molar-refractivity contribution >= 4 is 32.7 Å². The highest BCUT2D eigenvalue weighted by atomic mass is 127. The number of alkyl halides is 3. The molecule has 0 fully saturated rings. The fraction of sp³-hybridized carbons (Fsp3) is 0.0526. The van der Waals surface area contributed by atoms with E-state index < -0.39 is 26.8 Å². The predicted molar refractivity (Wildman–Crippen MR) is 105 cm³/mol. The van der Waals surface area contributed by atoms with Crippen molar-refractivity contribution in [1.82, 2.24) is 0 Å². The van der Waals surface area contributed by atoms with Crippen LogP contribution in [-0.2, 0) is 16.3 Å². The average Bonchev–Trinajstić information content (AvgIpc) is 2.61. The molecule has 0 spiro atoms. The predicted octanol–water partition coefficient (Wildman–Crippen LogP) is 5.89. The third-order valence-electron chi connectivity index (χ3n) is 3.94. The number of halogens is 4. The molecule has 0 heterocycles. The molecule has 0 saturated heterocycles. The Balaban J connectivity index is 2.54. The van der Waals surface area contributed by atoms with Crippen LogP contribution in [0.4, 0.5) is 13.2 Å². The Morgan fingerprint density at radius 1 is 0.852 bits per heavy atom. The third kappa shape index (κ3) is 4.02. The summed E-state index contributed by atoms with van der Waals surface area (Å²) in [5, 5.41) is 0. The minimum atomic E-state index is -4.74. The first kappa shape index (κ1) is 19.8. The Kier molecular flexibility index (Phi) is 5.33. The van der Waals surface area contributed by atoms with Gasteiger partial charge in [0.2, 0.25) is 0 Å². The van der Waals surface area contributed by atoms with Gasteiger partial charge in [0.1, 0.15) is 4.90 Å². The van der Waals surface area contributed by atoms with E-state index in [9.17, 15) is 26.1 Å². The van der Waals surface area contributed by atoms with E-state index in [1.54, 1.807) is 36.4 Å². The molecule has 0 aliphatic carbocycles. The number of hydrogen-bond donors (Lipinski definition) is 1. The molecular formula is C19H12F3IO3S. The van der Waals surface area contributed by atoms with E-state index >= 15 is 0 Å². The lowest BCUT2D eigenvalue weighted by Gasteiger charge is -2.21. The van der Waals surface area contributed by atoms with Crippen LogP contribution >= 0.6 is 22.6 Å². The van der Waals surface area contributed by atoms with E-state index in [0.29, 0.717) is 0 Å². The van der Waals surface area contributed by atoms with Crippen molar-refractivity contribution in [1.29, 1.82) is 0 Å². The summed E-state index contributed by atoms with van der Waals surface area (Å²) in [6.45, 7) is 0. The maximum absolute atomic E-state index is 14.1. The Bertz CT molecular complexity index is 1080. The lowest BCUT2D eigenvalue weighted by Crippen LogP contribution is -2.14. The van der Waals surface area contributed by atoms with Crippen molar-refractivity contribution in [3.63, 3.8) is 0 Å². The molecular weight excluding hydrogens is 492 g/mol. The summed E-state index contributed by atoms with van der Waals surface area (Å²) in [6, 6.07) is 16.3. The molecule has 3 rings (SSSR count). The van der Waals surface area contributed by atoms with Gasteiger partial charge in [0, 0.05) is 9.13 Å². The minimum absolute atomic E-state index is 0.187. The summed E-state index contributed by atoms with van der Waals surface area (Å²) >= 11 is 1.53. The van der Waals surface area contributed by atoms with Gasteiger partial charge in [-0.3, -0.25) is 4.55 Å². The average molecular weight is 504 g/mol. The molecule has 0 bridgehead atoms. The quantitative estimate of drug-likeness (QED) is 0.358. The second kappa shape index (κ2) is 7.25. The topological polar surface area (TPSA) is 54.4 Å². The monoisotopic (exact) mass is 504 g/mol. The maximum Gasteiger partial charge on any atom is 0.417 e. The van der Waals surface area contributed by atoms with Crippen LogP contribution in [0, 0.1) is 3.57 Å². The van der Waals surface area contributed by atoms with Crippen LogP contribution in [-0.4, -0.2) is 13.0 Å². The van der Waals surface area contributed by atoms with Gasteiger partial charge in [-0.05, 0) is 45.3 Å². The SMILES string of the molecule is O=S(=O)(O)c1cc(-c2ccccc2)c(C(F)(F)F)c(-c2ccccc2)c1I. The van der Waals surface area contributed by atoms with Crippen LogP contribution in [0.5, 0.6) is 0 Å². The fourth-order valence-electron chi connectivity index (χ4n) is 2.84. The van der Waals surface area contributed by atoms with E-state index in [-0.39, 0.29) is 25.8 Å². The van der Waals surface area contributed by atoms with Crippen LogP contribution < -0.4 is 0 Å². The minimum Gasteiger partial charge on any atom is -0.282 e. The highest BCUT2D eigenvalue weighted by Crippen LogP contribution is 2.47. The molecule has 3 aromatic carbocycles. The highest BCUT2D eigenvalue weighted by molar-refractivity contribution is 14.1. The molecule has 140 valence electrons. The molecule has 0 amide bonds. The van der Waals surface area contributed by atoms with Crippen molar-refractivity contribution in [2.75, 3.05) is 0 Å². The molecule has 0 unspecified atom stereocenters. The molecule has 8 heteroatoms. The smallest absolute Gasteiger partial charge is 0.282 e. The van der Waals surface area contributed by atoms with Crippen molar-refractivity contribution in [2.24, 2.45) is 0 Å². The van der Waals surface area contributed by atoms with E-state index in [0.717, 1.165) is 6.07 Å². The Hall–Kier alpha value is -1.91. The maximum atomic E-state index is 14.1. The van der Waals surface area contributed by atoms with Gasteiger partial charge >= 0.3 is 6.18 Å². The van der Waals surface area contributed by atoms with Gasteiger partial charge in [-0.1, -0.05) is 60.7 Å². The Labute approximate surface area is 167 Å². The molecule has 1 N–H and O–H groups in total. The lowest BCUT2D eigenvalue weighted by molar-refractivity contribution is -0.136. The zero-order chi connectivity index (χ0) is 19.8. The van der Waals surface area contributed by atoms with Gasteiger partial charge in [-0.2, -0.15) is 21.6 Å². The summed E-state index contributed by atoms with van der Waals surface area (Å²) in [5.41, 5.74) is -1.13. The number of benzene rings is 3. The Morgan fingerprint density at radius 2 is 1.33 bits per heavy atom. The van der Waals surface area contributed by atoms with Crippen LogP contribution in [0.2, 0.25) is 0 Å². The fourth-order valence-corrected chi connectivity index (χ4v) is 5.00. The van der Waals surface area contributed by atoms with Gasteiger partial charge in [0.05, 0.1) is 5.56 Å². The molecule has 0 aromatic heterocycles. The van der Waals surface area contributed by atoms with Crippen LogP contribution in [0.15, 0.2) is 71.6 Å². The normalized spacial score (nSPS) is 12.2.